The standard InChI is InChI=1S/C23H31N3O8/c1-23(2,3)34-20(29)14-25-10-11-26(17(21(25)30)12-19(28)32-4)18(27)13-24-22(31)33-15-16-8-6-5-7-9-16/h5-9,17H,10-15H2,1-4H3,(H,24,31). The highest BCUT2D eigenvalue weighted by atomic mass is 16.6. The van der Waals surface area contributed by atoms with Crippen molar-refractivity contribution in [1.82, 2.24) is 15.1 Å². The molecular weight excluding hydrogens is 446 g/mol. The molecule has 1 aliphatic heterocycles. The number of rotatable bonds is 8. The van der Waals surface area contributed by atoms with Crippen molar-refractivity contribution in [2.75, 3.05) is 33.3 Å². The Morgan fingerprint density at radius 1 is 1.06 bits per heavy atom. The number of hydrogen-bond acceptors (Lipinski definition) is 8. The third-order valence-corrected chi connectivity index (χ3v) is 4.83. The van der Waals surface area contributed by atoms with E-state index >= 15 is 0 Å². The number of nitrogens with zero attached hydrogens (tertiary/aromatic N) is 2. The van der Waals surface area contributed by atoms with Crippen LogP contribution < -0.4 is 5.32 Å². The second kappa shape index (κ2) is 12.0. The van der Waals surface area contributed by atoms with Gasteiger partial charge in [0, 0.05) is 13.1 Å². The smallest absolute Gasteiger partial charge is 0.407 e. The van der Waals surface area contributed by atoms with Crippen molar-refractivity contribution >= 4 is 29.8 Å². The van der Waals surface area contributed by atoms with Gasteiger partial charge in [-0.3, -0.25) is 19.2 Å². The first-order valence-corrected chi connectivity index (χ1v) is 10.8. The van der Waals surface area contributed by atoms with Gasteiger partial charge in [-0.1, -0.05) is 30.3 Å². The van der Waals surface area contributed by atoms with Gasteiger partial charge >= 0.3 is 18.0 Å². The average molecular weight is 478 g/mol. The molecule has 0 bridgehead atoms. The van der Waals surface area contributed by atoms with E-state index < -0.39 is 48.0 Å². The van der Waals surface area contributed by atoms with Crippen LogP contribution in [0.2, 0.25) is 0 Å². The molecule has 186 valence electrons. The molecule has 1 saturated heterocycles. The van der Waals surface area contributed by atoms with E-state index in [-0.39, 0.29) is 32.7 Å². The summed E-state index contributed by atoms with van der Waals surface area (Å²) in [6.45, 7) is 4.57. The molecule has 0 saturated carbocycles. The van der Waals surface area contributed by atoms with Gasteiger partial charge < -0.3 is 29.3 Å². The van der Waals surface area contributed by atoms with Crippen LogP contribution in [0.4, 0.5) is 4.79 Å². The number of carbonyl (C=O) groups excluding carboxylic acids is 5. The molecule has 0 aromatic heterocycles. The maximum atomic E-state index is 13.0. The zero-order valence-electron chi connectivity index (χ0n) is 19.9. The van der Waals surface area contributed by atoms with E-state index in [4.69, 9.17) is 9.47 Å². The number of carbonyl (C=O) groups is 5. The van der Waals surface area contributed by atoms with E-state index in [1.54, 1.807) is 45.0 Å². The van der Waals surface area contributed by atoms with Crippen LogP contribution in [0.5, 0.6) is 0 Å². The van der Waals surface area contributed by atoms with Crippen molar-refractivity contribution in [3.05, 3.63) is 35.9 Å². The summed E-state index contributed by atoms with van der Waals surface area (Å²) in [4.78, 5) is 64.2. The fourth-order valence-corrected chi connectivity index (χ4v) is 3.29. The number of hydrogen-bond donors (Lipinski definition) is 1. The van der Waals surface area contributed by atoms with Gasteiger partial charge in [-0.15, -0.1) is 0 Å². The first kappa shape index (κ1) is 26.6. The minimum absolute atomic E-state index is 0.0354. The lowest BCUT2D eigenvalue weighted by Gasteiger charge is -2.40. The van der Waals surface area contributed by atoms with Crippen LogP contribution >= 0.6 is 0 Å². The van der Waals surface area contributed by atoms with E-state index in [9.17, 15) is 24.0 Å². The van der Waals surface area contributed by atoms with Crippen LogP contribution in [0.15, 0.2) is 30.3 Å². The van der Waals surface area contributed by atoms with Gasteiger partial charge in [-0.2, -0.15) is 0 Å². The first-order valence-electron chi connectivity index (χ1n) is 10.8. The Balaban J connectivity index is 1.97. The SMILES string of the molecule is COC(=O)CC1C(=O)N(CC(=O)OC(C)(C)C)CCN1C(=O)CNC(=O)OCc1ccccc1. The fourth-order valence-electron chi connectivity index (χ4n) is 3.29. The molecule has 1 aromatic rings. The van der Waals surface area contributed by atoms with Crippen LogP contribution in [0, 0.1) is 0 Å². The highest BCUT2D eigenvalue weighted by Gasteiger charge is 2.40. The van der Waals surface area contributed by atoms with Crippen LogP contribution in [0.25, 0.3) is 0 Å². The fraction of sp³-hybridized carbons (Fsp3) is 0.522. The van der Waals surface area contributed by atoms with E-state index in [1.165, 1.54) is 16.9 Å². The van der Waals surface area contributed by atoms with Crippen molar-refractivity contribution in [2.45, 2.75) is 45.4 Å². The second-order valence-corrected chi connectivity index (χ2v) is 8.64. The molecule has 1 N–H and O–H groups in total. The summed E-state index contributed by atoms with van der Waals surface area (Å²) in [5, 5.41) is 2.35. The molecule has 11 heteroatoms. The normalized spacial score (nSPS) is 16.0. The number of benzene rings is 1. The van der Waals surface area contributed by atoms with E-state index in [2.05, 4.69) is 10.1 Å². The Morgan fingerprint density at radius 3 is 2.35 bits per heavy atom. The van der Waals surface area contributed by atoms with Crippen molar-refractivity contribution in [2.24, 2.45) is 0 Å². The van der Waals surface area contributed by atoms with Crippen molar-refractivity contribution in [3.63, 3.8) is 0 Å². The topological polar surface area (TPSA) is 132 Å². The first-order chi connectivity index (χ1) is 16.0. The molecule has 1 fully saturated rings. The number of piperazine rings is 1. The number of ether oxygens (including phenoxy) is 3. The van der Waals surface area contributed by atoms with Gasteiger partial charge in [-0.05, 0) is 26.3 Å². The third kappa shape index (κ3) is 8.38. The zero-order chi connectivity index (χ0) is 25.3. The molecule has 1 heterocycles. The van der Waals surface area contributed by atoms with Crippen molar-refractivity contribution < 1.29 is 38.2 Å². The summed E-state index contributed by atoms with van der Waals surface area (Å²) in [6, 6.07) is 7.86. The largest absolute Gasteiger partial charge is 0.469 e. The van der Waals surface area contributed by atoms with Crippen LogP contribution in [0.1, 0.15) is 32.8 Å². The molecule has 1 unspecified atom stereocenters. The highest BCUT2D eigenvalue weighted by molar-refractivity contribution is 5.94. The van der Waals surface area contributed by atoms with Crippen molar-refractivity contribution in [3.8, 4) is 0 Å². The number of nitrogens with one attached hydrogen (secondary N) is 1. The molecule has 1 aromatic carbocycles. The molecule has 1 atom stereocenters. The maximum Gasteiger partial charge on any atom is 0.407 e. The Morgan fingerprint density at radius 2 is 1.74 bits per heavy atom. The van der Waals surface area contributed by atoms with Gasteiger partial charge in [0.05, 0.1) is 13.5 Å². The number of esters is 2. The molecule has 0 radical (unpaired) electrons. The Labute approximate surface area is 198 Å². The number of alkyl carbamates (subject to hydrolysis) is 1. The summed E-state index contributed by atoms with van der Waals surface area (Å²) < 4.78 is 15.0. The van der Waals surface area contributed by atoms with Crippen LogP contribution in [-0.4, -0.2) is 84.6 Å². The highest BCUT2D eigenvalue weighted by Crippen LogP contribution is 2.17. The molecule has 0 spiro atoms. The second-order valence-electron chi connectivity index (χ2n) is 8.64. The molecule has 2 rings (SSSR count). The number of amides is 3. The van der Waals surface area contributed by atoms with E-state index in [1.807, 2.05) is 6.07 Å². The zero-order valence-corrected chi connectivity index (χ0v) is 19.9. The monoisotopic (exact) mass is 477 g/mol. The predicted octanol–water partition coefficient (Wildman–Crippen LogP) is 0.857. The summed E-state index contributed by atoms with van der Waals surface area (Å²) in [7, 11) is 1.17. The van der Waals surface area contributed by atoms with Gasteiger partial charge in [0.2, 0.25) is 11.8 Å². The summed E-state index contributed by atoms with van der Waals surface area (Å²) in [6.07, 6.45) is -1.18. The van der Waals surface area contributed by atoms with E-state index in [0.29, 0.717) is 0 Å². The Bertz CT molecular complexity index is 897. The molecule has 34 heavy (non-hydrogen) atoms. The Kier molecular flexibility index (Phi) is 9.40. The molecule has 11 nitrogen and oxygen atoms in total. The minimum Gasteiger partial charge on any atom is -0.469 e. The van der Waals surface area contributed by atoms with Gasteiger partial charge in [0.15, 0.2) is 0 Å². The summed E-state index contributed by atoms with van der Waals surface area (Å²) >= 11 is 0. The lowest BCUT2D eigenvalue weighted by molar-refractivity contribution is -0.164. The predicted molar refractivity (Wildman–Crippen MR) is 119 cm³/mol. The molecular formula is C23H31N3O8. The lowest BCUT2D eigenvalue weighted by atomic mass is 10.1. The van der Waals surface area contributed by atoms with E-state index in [0.717, 1.165) is 5.56 Å². The minimum atomic E-state index is -1.17. The van der Waals surface area contributed by atoms with Crippen LogP contribution in [-0.2, 0) is 40.0 Å². The average Bonchev–Trinajstić information content (AvgIpc) is 2.78. The number of methoxy groups -OCH3 is 1. The molecule has 1 aliphatic rings. The van der Waals surface area contributed by atoms with Crippen LogP contribution in [0.3, 0.4) is 0 Å². The Hall–Kier alpha value is -3.63. The van der Waals surface area contributed by atoms with Gasteiger partial charge in [-0.25, -0.2) is 4.79 Å². The quantitative estimate of drug-likeness (QED) is 0.431. The van der Waals surface area contributed by atoms with Gasteiger partial charge in [0.25, 0.3) is 0 Å². The molecule has 3 amide bonds. The van der Waals surface area contributed by atoms with Crippen molar-refractivity contribution in [1.29, 1.82) is 0 Å². The molecule has 0 aliphatic carbocycles. The maximum absolute atomic E-state index is 13.0. The van der Waals surface area contributed by atoms with Gasteiger partial charge in [0.1, 0.15) is 31.3 Å². The third-order valence-electron chi connectivity index (χ3n) is 4.83. The lowest BCUT2D eigenvalue weighted by Crippen LogP contribution is -2.61. The summed E-state index contributed by atoms with van der Waals surface area (Å²) in [5.74, 6) is -2.44. The summed E-state index contributed by atoms with van der Waals surface area (Å²) in [5.41, 5.74) is 0.0678.